The third-order valence-electron chi connectivity index (χ3n) is 2.06. The molecule has 0 atom stereocenters. The van der Waals surface area contributed by atoms with Gasteiger partial charge < -0.3 is 27.0 Å². The Hall–Kier alpha value is -2.49. The molecule has 0 rings (SSSR count). The standard InChI is InChI=1S/C11H19N5O5.C2H6.5H2/c1-7(17)3-13-9(19)5-15-11(21)6-16-10(20)4-14-8(18)2-12;1-2;;;;;/h2-6,12H2,1H3,(H,13,19)(H,14,18)(H,15,21)(H,16,20);1-2H3;5*1H. The van der Waals surface area contributed by atoms with Crippen LogP contribution in [0.2, 0.25) is 0 Å². The molecule has 0 aromatic rings. The minimum Gasteiger partial charge on any atom is -0.348 e. The summed E-state index contributed by atoms with van der Waals surface area (Å²) in [6, 6.07) is 0. The van der Waals surface area contributed by atoms with Gasteiger partial charge in [-0.2, -0.15) is 0 Å². The van der Waals surface area contributed by atoms with Crippen LogP contribution in [0.25, 0.3) is 0 Å². The maximum absolute atomic E-state index is 11.3. The van der Waals surface area contributed by atoms with Gasteiger partial charge in [0.25, 0.3) is 0 Å². The minimum atomic E-state index is -0.577. The molecular formula is C13H35N5O5. The first-order valence-corrected chi connectivity index (χ1v) is 7.11. The number of Topliss-reactive ketones (excluding diaryl/α,β-unsaturated/α-hetero) is 1. The highest BCUT2D eigenvalue weighted by Gasteiger charge is 2.08. The summed E-state index contributed by atoms with van der Waals surface area (Å²) in [7, 11) is 0. The van der Waals surface area contributed by atoms with Gasteiger partial charge in [-0.15, -0.1) is 0 Å². The number of carbonyl (C=O) groups excluding carboxylic acids is 5. The summed E-state index contributed by atoms with van der Waals surface area (Å²) in [5, 5.41) is 9.02. The number of hydrogen-bond donors (Lipinski definition) is 5. The molecule has 142 valence electrons. The maximum Gasteiger partial charge on any atom is 0.239 e. The van der Waals surface area contributed by atoms with Gasteiger partial charge >= 0.3 is 0 Å². The number of nitrogens with two attached hydrogens (primary N) is 1. The quantitative estimate of drug-likeness (QED) is 0.334. The van der Waals surface area contributed by atoms with Crippen LogP contribution in [0.4, 0.5) is 0 Å². The van der Waals surface area contributed by atoms with Crippen molar-refractivity contribution < 1.29 is 31.1 Å². The maximum atomic E-state index is 11.3. The Morgan fingerprint density at radius 1 is 0.696 bits per heavy atom. The van der Waals surface area contributed by atoms with Gasteiger partial charge in [0.05, 0.1) is 32.7 Å². The molecule has 0 aliphatic rings. The number of nitrogens with one attached hydrogen (secondary N) is 4. The van der Waals surface area contributed by atoms with Crippen molar-refractivity contribution in [2.24, 2.45) is 5.73 Å². The molecule has 0 aliphatic carbocycles. The highest BCUT2D eigenvalue weighted by Crippen LogP contribution is 1.71. The molecule has 0 saturated heterocycles. The lowest BCUT2D eigenvalue weighted by molar-refractivity contribution is -0.128. The smallest absolute Gasteiger partial charge is 0.239 e. The van der Waals surface area contributed by atoms with Crippen molar-refractivity contribution in [3.8, 4) is 0 Å². The predicted octanol–water partition coefficient (Wildman–Crippen LogP) is -1.74. The van der Waals surface area contributed by atoms with E-state index in [0.29, 0.717) is 0 Å². The predicted molar refractivity (Wildman–Crippen MR) is 93.7 cm³/mol. The largest absolute Gasteiger partial charge is 0.348 e. The summed E-state index contributed by atoms with van der Waals surface area (Å²) in [5.74, 6) is -2.35. The lowest BCUT2D eigenvalue weighted by atomic mass is 10.4. The van der Waals surface area contributed by atoms with E-state index >= 15 is 0 Å². The zero-order valence-corrected chi connectivity index (χ0v) is 13.7. The number of ketones is 1. The van der Waals surface area contributed by atoms with Crippen molar-refractivity contribution in [3.05, 3.63) is 0 Å². The Morgan fingerprint density at radius 2 is 1.00 bits per heavy atom. The van der Waals surface area contributed by atoms with Crippen LogP contribution in [-0.2, 0) is 24.0 Å². The van der Waals surface area contributed by atoms with E-state index in [0.717, 1.165) is 0 Å². The number of amides is 4. The van der Waals surface area contributed by atoms with Crippen molar-refractivity contribution in [2.75, 3.05) is 32.7 Å². The fourth-order valence-corrected chi connectivity index (χ4v) is 1.02. The van der Waals surface area contributed by atoms with Crippen molar-refractivity contribution in [3.63, 3.8) is 0 Å². The Labute approximate surface area is 142 Å². The highest BCUT2D eigenvalue weighted by atomic mass is 16.2. The fraction of sp³-hybridized carbons (Fsp3) is 0.615. The summed E-state index contributed by atoms with van der Waals surface area (Å²) in [5.41, 5.74) is 5.02. The summed E-state index contributed by atoms with van der Waals surface area (Å²) < 4.78 is 0. The molecule has 0 saturated carbocycles. The minimum absolute atomic E-state index is 0. The van der Waals surface area contributed by atoms with Gasteiger partial charge in [0.1, 0.15) is 5.78 Å². The van der Waals surface area contributed by atoms with E-state index < -0.39 is 23.6 Å². The summed E-state index contributed by atoms with van der Waals surface area (Å²) >= 11 is 0. The van der Waals surface area contributed by atoms with Crippen molar-refractivity contribution in [1.29, 1.82) is 0 Å². The fourth-order valence-electron chi connectivity index (χ4n) is 1.02. The van der Waals surface area contributed by atoms with Crippen LogP contribution in [0, 0.1) is 0 Å². The second-order valence-corrected chi connectivity index (χ2v) is 4.01. The van der Waals surface area contributed by atoms with Gasteiger partial charge in [-0.25, -0.2) is 0 Å². The Kier molecular flexibility index (Phi) is 14.3. The van der Waals surface area contributed by atoms with Crippen LogP contribution in [0.5, 0.6) is 0 Å². The van der Waals surface area contributed by atoms with E-state index in [2.05, 4.69) is 21.3 Å². The number of carbonyl (C=O) groups is 5. The zero-order chi connectivity index (χ0) is 18.3. The van der Waals surface area contributed by atoms with E-state index in [9.17, 15) is 24.0 Å². The van der Waals surface area contributed by atoms with E-state index in [4.69, 9.17) is 5.73 Å². The molecule has 6 N–H and O–H groups in total. The van der Waals surface area contributed by atoms with E-state index in [-0.39, 0.29) is 45.6 Å². The van der Waals surface area contributed by atoms with E-state index in [1.807, 2.05) is 13.8 Å². The lowest BCUT2D eigenvalue weighted by Gasteiger charge is -2.07. The van der Waals surface area contributed by atoms with Crippen LogP contribution in [-0.4, -0.2) is 62.1 Å². The van der Waals surface area contributed by atoms with Crippen molar-refractivity contribution in [1.82, 2.24) is 21.3 Å². The third-order valence-corrected chi connectivity index (χ3v) is 2.06. The van der Waals surface area contributed by atoms with Crippen LogP contribution in [0.15, 0.2) is 0 Å². The summed E-state index contributed by atoms with van der Waals surface area (Å²) in [4.78, 5) is 55.1. The Bertz CT molecular complexity index is 444. The monoisotopic (exact) mass is 341 g/mol. The molecule has 0 spiro atoms. The average Bonchev–Trinajstić information content (AvgIpc) is 2.55. The molecule has 0 heterocycles. The van der Waals surface area contributed by atoms with Crippen LogP contribution in [0.3, 0.4) is 0 Å². The first-order chi connectivity index (χ1) is 10.8. The van der Waals surface area contributed by atoms with Crippen LogP contribution >= 0.6 is 0 Å². The molecule has 0 fully saturated rings. The zero-order valence-electron chi connectivity index (χ0n) is 13.7. The van der Waals surface area contributed by atoms with Gasteiger partial charge in [-0.05, 0) is 6.92 Å². The van der Waals surface area contributed by atoms with E-state index in [1.54, 1.807) is 0 Å². The van der Waals surface area contributed by atoms with Gasteiger partial charge in [0.15, 0.2) is 0 Å². The highest BCUT2D eigenvalue weighted by molar-refractivity contribution is 5.91. The Morgan fingerprint density at radius 3 is 1.30 bits per heavy atom. The molecule has 0 bridgehead atoms. The van der Waals surface area contributed by atoms with Crippen LogP contribution in [0.1, 0.15) is 27.9 Å². The Balaban J connectivity index is -0.000000122. The molecule has 10 heteroatoms. The van der Waals surface area contributed by atoms with Gasteiger partial charge in [-0.3, -0.25) is 24.0 Å². The lowest BCUT2D eigenvalue weighted by Crippen LogP contribution is -2.45. The number of hydrogen-bond acceptors (Lipinski definition) is 6. The second kappa shape index (κ2) is 14.4. The number of rotatable bonds is 9. The summed E-state index contributed by atoms with van der Waals surface area (Å²) in [6.07, 6.45) is 0. The van der Waals surface area contributed by atoms with Crippen LogP contribution < -0.4 is 27.0 Å². The topological polar surface area (TPSA) is 159 Å². The molecular weight excluding hydrogens is 306 g/mol. The molecule has 10 nitrogen and oxygen atoms in total. The molecule has 0 aliphatic heterocycles. The first-order valence-electron chi connectivity index (χ1n) is 7.11. The van der Waals surface area contributed by atoms with Gasteiger partial charge in [-0.1, -0.05) is 13.8 Å². The van der Waals surface area contributed by atoms with Gasteiger partial charge in [0.2, 0.25) is 23.6 Å². The molecule has 0 radical (unpaired) electrons. The normalized spacial score (nSPS) is 8.87. The van der Waals surface area contributed by atoms with Crippen molar-refractivity contribution >= 4 is 29.4 Å². The second-order valence-electron chi connectivity index (χ2n) is 4.01. The van der Waals surface area contributed by atoms with Crippen molar-refractivity contribution in [2.45, 2.75) is 20.8 Å². The van der Waals surface area contributed by atoms with E-state index in [1.165, 1.54) is 6.92 Å². The molecule has 0 unspecified atom stereocenters. The van der Waals surface area contributed by atoms with Gasteiger partial charge in [0, 0.05) is 7.13 Å². The molecule has 23 heavy (non-hydrogen) atoms. The molecule has 0 aromatic carbocycles. The summed E-state index contributed by atoms with van der Waals surface area (Å²) in [6.45, 7) is 4.05. The molecule has 4 amide bonds. The SMILES string of the molecule is CC.CC(=O)CNC(=O)CNC(=O)CNC(=O)CNC(=O)CN.[HH].[HH].[HH].[HH].[HH]. The third kappa shape index (κ3) is 15.7. The average molecular weight is 341 g/mol. The first kappa shape index (κ1) is 22.8. The molecule has 0 aromatic heterocycles.